The van der Waals surface area contributed by atoms with Gasteiger partial charge in [0.2, 0.25) is 6.79 Å². The lowest BCUT2D eigenvalue weighted by atomic mass is 10.1. The maximum Gasteiger partial charge on any atom is 0.252 e. The highest BCUT2D eigenvalue weighted by molar-refractivity contribution is 7.16. The summed E-state index contributed by atoms with van der Waals surface area (Å²) in [4.78, 5) is 17.5. The number of carbonyl (C=O) groups excluding carboxylic acids is 1. The summed E-state index contributed by atoms with van der Waals surface area (Å²) in [5, 5.41) is 0. The van der Waals surface area contributed by atoms with E-state index in [2.05, 4.69) is 4.99 Å². The number of aromatic nitrogens is 1. The molecule has 0 unspecified atom stereocenters. The third-order valence-corrected chi connectivity index (χ3v) is 5.34. The molecule has 0 radical (unpaired) electrons. The summed E-state index contributed by atoms with van der Waals surface area (Å²) in [6, 6.07) is 11.4. The van der Waals surface area contributed by atoms with Crippen molar-refractivity contribution in [2.24, 2.45) is 4.99 Å². The number of benzene rings is 2. The van der Waals surface area contributed by atoms with Crippen LogP contribution >= 0.6 is 11.3 Å². The van der Waals surface area contributed by atoms with E-state index in [1.165, 1.54) is 11.3 Å². The van der Waals surface area contributed by atoms with Gasteiger partial charge in [-0.25, -0.2) is 0 Å². The summed E-state index contributed by atoms with van der Waals surface area (Å²) in [6.45, 7) is 5.56. The van der Waals surface area contributed by atoms with Crippen molar-refractivity contribution in [3.05, 3.63) is 46.8 Å². The van der Waals surface area contributed by atoms with Gasteiger partial charge < -0.3 is 18.8 Å². The van der Waals surface area contributed by atoms with Crippen molar-refractivity contribution in [1.82, 2.24) is 4.57 Å². The molecule has 1 amide bonds. The van der Waals surface area contributed by atoms with Crippen LogP contribution in [0, 0.1) is 0 Å². The Balaban J connectivity index is 1.62. The van der Waals surface area contributed by atoms with Crippen molar-refractivity contribution < 1.29 is 19.0 Å². The van der Waals surface area contributed by atoms with Crippen molar-refractivity contribution >= 4 is 27.5 Å². The minimum atomic E-state index is -0.173. The third kappa shape index (κ3) is 3.55. The molecule has 0 fully saturated rings. The standard InChI is InChI=1S/C20H20N2O4S/c1-3-22-15-10-16-17(26-12-25-16)11-18(15)27-20(22)21-19(23)9-13-5-7-14(8-6-13)24-4-2/h5-8,10-11H,3-4,9,12H2,1-2H3. The van der Waals surface area contributed by atoms with Crippen LogP contribution in [0.2, 0.25) is 0 Å². The fraction of sp³-hybridized carbons (Fsp3) is 0.300. The van der Waals surface area contributed by atoms with Gasteiger partial charge >= 0.3 is 0 Å². The number of ether oxygens (including phenoxy) is 3. The Hall–Kier alpha value is -2.80. The summed E-state index contributed by atoms with van der Waals surface area (Å²) in [6.07, 6.45) is 0.257. The lowest BCUT2D eigenvalue weighted by Gasteiger charge is -2.03. The van der Waals surface area contributed by atoms with Gasteiger partial charge in [0.05, 0.1) is 23.2 Å². The molecular formula is C20H20N2O4S. The summed E-state index contributed by atoms with van der Waals surface area (Å²) < 4.78 is 19.4. The van der Waals surface area contributed by atoms with Crippen molar-refractivity contribution in [1.29, 1.82) is 0 Å². The van der Waals surface area contributed by atoms with Gasteiger partial charge in [-0.1, -0.05) is 23.5 Å². The average molecular weight is 384 g/mol. The SMILES string of the molecule is CCOc1ccc(CC(=O)N=c2sc3cc4c(cc3n2CC)OCO4)cc1. The van der Waals surface area contributed by atoms with Gasteiger partial charge in [-0.05, 0) is 31.5 Å². The number of rotatable bonds is 5. The first-order valence-electron chi connectivity index (χ1n) is 8.90. The van der Waals surface area contributed by atoms with Crippen LogP contribution < -0.4 is 19.0 Å². The fourth-order valence-electron chi connectivity index (χ4n) is 3.04. The third-order valence-electron chi connectivity index (χ3n) is 4.30. The van der Waals surface area contributed by atoms with Crippen LogP contribution in [0.4, 0.5) is 0 Å². The Bertz CT molecular complexity index is 1050. The number of nitrogens with zero attached hydrogens (tertiary/aromatic N) is 2. The maximum atomic E-state index is 12.5. The number of carbonyl (C=O) groups is 1. The van der Waals surface area contributed by atoms with Crippen LogP contribution in [0.1, 0.15) is 19.4 Å². The molecule has 1 aliphatic rings. The van der Waals surface area contributed by atoms with Crippen LogP contribution in [0.3, 0.4) is 0 Å². The fourth-order valence-corrected chi connectivity index (χ4v) is 4.16. The monoisotopic (exact) mass is 384 g/mol. The van der Waals surface area contributed by atoms with E-state index in [1.807, 2.05) is 54.8 Å². The van der Waals surface area contributed by atoms with E-state index < -0.39 is 0 Å². The molecule has 2 heterocycles. The second kappa shape index (κ2) is 7.44. The topological polar surface area (TPSA) is 62.0 Å². The molecule has 1 aliphatic heterocycles. The Morgan fingerprint density at radius 2 is 1.93 bits per heavy atom. The second-order valence-electron chi connectivity index (χ2n) is 6.06. The molecule has 2 aromatic carbocycles. The number of amides is 1. The molecule has 0 spiro atoms. The smallest absolute Gasteiger partial charge is 0.252 e. The molecule has 0 saturated carbocycles. The first-order valence-corrected chi connectivity index (χ1v) is 9.72. The molecule has 27 heavy (non-hydrogen) atoms. The largest absolute Gasteiger partial charge is 0.494 e. The van der Waals surface area contributed by atoms with E-state index in [-0.39, 0.29) is 19.1 Å². The van der Waals surface area contributed by atoms with Crippen LogP contribution in [0.25, 0.3) is 10.2 Å². The molecule has 0 N–H and O–H groups in total. The first kappa shape index (κ1) is 17.6. The van der Waals surface area contributed by atoms with E-state index in [4.69, 9.17) is 14.2 Å². The number of aryl methyl sites for hydroxylation is 1. The zero-order valence-electron chi connectivity index (χ0n) is 15.2. The quantitative estimate of drug-likeness (QED) is 0.675. The summed E-state index contributed by atoms with van der Waals surface area (Å²) in [7, 11) is 0. The minimum Gasteiger partial charge on any atom is -0.494 e. The highest BCUT2D eigenvalue weighted by Crippen LogP contribution is 2.36. The van der Waals surface area contributed by atoms with Crippen molar-refractivity contribution in [3.63, 3.8) is 0 Å². The van der Waals surface area contributed by atoms with Crippen molar-refractivity contribution in [2.45, 2.75) is 26.8 Å². The predicted octanol–water partition coefficient (Wildman–Crippen LogP) is 3.52. The second-order valence-corrected chi connectivity index (χ2v) is 7.07. The molecule has 3 aromatic rings. The average Bonchev–Trinajstić information content (AvgIpc) is 3.24. The van der Waals surface area contributed by atoms with Crippen molar-refractivity contribution in [2.75, 3.05) is 13.4 Å². The Morgan fingerprint density at radius 1 is 1.19 bits per heavy atom. The summed E-state index contributed by atoms with van der Waals surface area (Å²) >= 11 is 1.48. The lowest BCUT2D eigenvalue weighted by Crippen LogP contribution is -2.16. The molecule has 0 bridgehead atoms. The van der Waals surface area contributed by atoms with Crippen LogP contribution in [-0.4, -0.2) is 23.9 Å². The molecule has 7 heteroatoms. The number of thiazole rings is 1. The van der Waals surface area contributed by atoms with Gasteiger partial charge in [0, 0.05) is 18.7 Å². The van der Waals surface area contributed by atoms with E-state index in [0.29, 0.717) is 11.4 Å². The highest BCUT2D eigenvalue weighted by atomic mass is 32.1. The van der Waals surface area contributed by atoms with Gasteiger partial charge in [0.25, 0.3) is 5.91 Å². The molecule has 0 aliphatic carbocycles. The molecule has 6 nitrogen and oxygen atoms in total. The summed E-state index contributed by atoms with van der Waals surface area (Å²) in [5.74, 6) is 2.10. The number of hydrogen-bond donors (Lipinski definition) is 0. The Labute approximate surface area is 160 Å². The summed E-state index contributed by atoms with van der Waals surface area (Å²) in [5.41, 5.74) is 1.91. The van der Waals surface area contributed by atoms with Gasteiger partial charge in [-0.15, -0.1) is 0 Å². The van der Waals surface area contributed by atoms with Gasteiger partial charge in [0.1, 0.15) is 5.75 Å². The number of hydrogen-bond acceptors (Lipinski definition) is 5. The minimum absolute atomic E-state index is 0.173. The molecular weight excluding hydrogens is 364 g/mol. The van der Waals surface area contributed by atoms with E-state index in [1.54, 1.807) is 0 Å². The molecule has 0 saturated heterocycles. The van der Waals surface area contributed by atoms with Gasteiger partial charge in [-0.2, -0.15) is 4.99 Å². The van der Waals surface area contributed by atoms with Gasteiger partial charge in [0.15, 0.2) is 16.3 Å². The lowest BCUT2D eigenvalue weighted by molar-refractivity contribution is -0.117. The van der Waals surface area contributed by atoms with Crippen molar-refractivity contribution in [3.8, 4) is 17.2 Å². The molecule has 1 aromatic heterocycles. The number of fused-ring (bicyclic) bond motifs is 2. The zero-order valence-corrected chi connectivity index (χ0v) is 16.0. The zero-order chi connectivity index (χ0) is 18.8. The highest BCUT2D eigenvalue weighted by Gasteiger charge is 2.17. The van der Waals surface area contributed by atoms with E-state index in [9.17, 15) is 4.79 Å². The van der Waals surface area contributed by atoms with E-state index in [0.717, 1.165) is 39.6 Å². The Kier molecular flexibility index (Phi) is 4.85. The molecule has 140 valence electrons. The van der Waals surface area contributed by atoms with Gasteiger partial charge in [-0.3, -0.25) is 4.79 Å². The van der Waals surface area contributed by atoms with E-state index >= 15 is 0 Å². The first-order chi connectivity index (χ1) is 13.2. The normalized spacial score (nSPS) is 13.3. The van der Waals surface area contributed by atoms with Crippen LogP contribution in [0.5, 0.6) is 17.2 Å². The maximum absolute atomic E-state index is 12.5. The predicted molar refractivity (Wildman–Crippen MR) is 103 cm³/mol. The van der Waals surface area contributed by atoms with Crippen LogP contribution in [-0.2, 0) is 17.8 Å². The molecule has 0 atom stereocenters. The molecule has 4 rings (SSSR count). The van der Waals surface area contributed by atoms with Crippen LogP contribution in [0.15, 0.2) is 41.4 Å². The Morgan fingerprint density at radius 3 is 2.63 bits per heavy atom.